The highest BCUT2D eigenvalue weighted by Gasteiger charge is 2.12. The predicted octanol–water partition coefficient (Wildman–Crippen LogP) is 3.62. The fourth-order valence-corrected chi connectivity index (χ4v) is 2.38. The molecule has 0 amide bonds. The summed E-state index contributed by atoms with van der Waals surface area (Å²) in [7, 11) is 0. The van der Waals surface area contributed by atoms with E-state index in [0.29, 0.717) is 11.6 Å². The minimum Gasteiger partial charge on any atom is -0.458 e. The van der Waals surface area contributed by atoms with Crippen LogP contribution in [0.3, 0.4) is 0 Å². The molecule has 4 heteroatoms. The second-order valence-electron chi connectivity index (χ2n) is 3.12. The Bertz CT molecular complexity index is 492. The molecule has 2 N–H and O–H groups in total. The summed E-state index contributed by atoms with van der Waals surface area (Å²) < 4.78 is 6.47. The van der Waals surface area contributed by atoms with E-state index in [2.05, 4.69) is 15.9 Å². The third-order valence-corrected chi connectivity index (χ3v) is 3.05. The number of hydrogen-bond acceptors (Lipinski definition) is 2. The number of hydrogen-bond donors (Lipinski definition) is 1. The number of furan rings is 1. The highest BCUT2D eigenvalue weighted by atomic mass is 79.9. The number of fused-ring (bicyclic) bond motifs is 1. The maximum atomic E-state index is 5.95. The van der Waals surface area contributed by atoms with E-state index in [9.17, 15) is 0 Å². The molecule has 0 aliphatic rings. The lowest BCUT2D eigenvalue weighted by Crippen LogP contribution is -1.95. The van der Waals surface area contributed by atoms with Crippen LogP contribution in [0.4, 0.5) is 0 Å². The Balaban J connectivity index is 2.85. The van der Waals surface area contributed by atoms with Crippen molar-refractivity contribution in [3.8, 4) is 0 Å². The minimum absolute atomic E-state index is 0.407. The third kappa shape index (κ3) is 1.45. The molecule has 0 saturated carbocycles. The molecule has 0 aliphatic heterocycles. The first kappa shape index (κ1) is 10.0. The molecule has 0 unspecified atom stereocenters. The van der Waals surface area contributed by atoms with Crippen molar-refractivity contribution in [1.82, 2.24) is 0 Å². The molecule has 0 bridgehead atoms. The van der Waals surface area contributed by atoms with E-state index in [1.807, 2.05) is 19.1 Å². The summed E-state index contributed by atoms with van der Waals surface area (Å²) in [5, 5.41) is 1.71. The van der Waals surface area contributed by atoms with Gasteiger partial charge in [0.1, 0.15) is 11.3 Å². The fourth-order valence-electron chi connectivity index (χ4n) is 1.49. The van der Waals surface area contributed by atoms with Crippen LogP contribution in [0.2, 0.25) is 5.02 Å². The Morgan fingerprint density at radius 3 is 2.86 bits per heavy atom. The third-order valence-electron chi connectivity index (χ3n) is 2.24. The average Bonchev–Trinajstić information content (AvgIpc) is 2.44. The molecule has 74 valence electrons. The lowest BCUT2D eigenvalue weighted by atomic mass is 10.1. The summed E-state index contributed by atoms with van der Waals surface area (Å²) in [4.78, 5) is 0. The quantitative estimate of drug-likeness (QED) is 0.863. The molecule has 0 spiro atoms. The van der Waals surface area contributed by atoms with Gasteiger partial charge < -0.3 is 10.2 Å². The molecule has 2 aromatic rings. The summed E-state index contributed by atoms with van der Waals surface area (Å²) in [6.07, 6.45) is 0. The van der Waals surface area contributed by atoms with Gasteiger partial charge in [-0.3, -0.25) is 0 Å². The van der Waals surface area contributed by atoms with Crippen molar-refractivity contribution in [3.05, 3.63) is 33.0 Å². The van der Waals surface area contributed by atoms with Gasteiger partial charge in [0, 0.05) is 10.4 Å². The highest BCUT2D eigenvalue weighted by molar-refractivity contribution is 9.10. The molecule has 14 heavy (non-hydrogen) atoms. The number of benzene rings is 1. The molecule has 0 radical (unpaired) electrons. The van der Waals surface area contributed by atoms with Crippen LogP contribution in [0.15, 0.2) is 21.0 Å². The Kier molecular flexibility index (Phi) is 2.56. The predicted molar refractivity (Wildman–Crippen MR) is 61.6 cm³/mol. The van der Waals surface area contributed by atoms with Gasteiger partial charge in [-0.05, 0) is 40.5 Å². The van der Waals surface area contributed by atoms with Crippen molar-refractivity contribution in [3.63, 3.8) is 0 Å². The van der Waals surface area contributed by atoms with Gasteiger partial charge in [-0.2, -0.15) is 0 Å². The smallest absolute Gasteiger partial charge is 0.148 e. The van der Waals surface area contributed by atoms with Gasteiger partial charge in [0.25, 0.3) is 0 Å². The number of halogens is 2. The van der Waals surface area contributed by atoms with Crippen molar-refractivity contribution in [2.24, 2.45) is 5.73 Å². The second-order valence-corrected chi connectivity index (χ2v) is 4.41. The van der Waals surface area contributed by atoms with Crippen molar-refractivity contribution < 1.29 is 4.42 Å². The Morgan fingerprint density at radius 2 is 2.21 bits per heavy atom. The van der Waals surface area contributed by atoms with Crippen LogP contribution < -0.4 is 5.73 Å². The van der Waals surface area contributed by atoms with Gasteiger partial charge in [-0.25, -0.2) is 0 Å². The van der Waals surface area contributed by atoms with E-state index in [4.69, 9.17) is 21.8 Å². The number of aryl methyl sites for hydroxylation is 1. The average molecular weight is 275 g/mol. The van der Waals surface area contributed by atoms with Gasteiger partial charge >= 0.3 is 0 Å². The minimum atomic E-state index is 0.407. The fraction of sp³-hybridized carbons (Fsp3) is 0.200. The Labute approximate surface area is 95.1 Å². The molecular weight excluding hydrogens is 265 g/mol. The Hall–Kier alpha value is -0.510. The van der Waals surface area contributed by atoms with Gasteiger partial charge in [-0.1, -0.05) is 11.6 Å². The highest BCUT2D eigenvalue weighted by Crippen LogP contribution is 2.33. The molecule has 0 fully saturated rings. The van der Waals surface area contributed by atoms with Crippen LogP contribution in [0.5, 0.6) is 0 Å². The molecule has 1 aromatic carbocycles. The maximum Gasteiger partial charge on any atom is 0.148 e. The largest absolute Gasteiger partial charge is 0.458 e. The first-order chi connectivity index (χ1) is 6.63. The van der Waals surface area contributed by atoms with Crippen LogP contribution >= 0.6 is 27.5 Å². The van der Waals surface area contributed by atoms with Gasteiger partial charge in [0.2, 0.25) is 0 Å². The van der Waals surface area contributed by atoms with Crippen molar-refractivity contribution in [2.75, 3.05) is 0 Å². The van der Waals surface area contributed by atoms with E-state index in [1.165, 1.54) is 0 Å². The monoisotopic (exact) mass is 273 g/mol. The zero-order valence-electron chi connectivity index (χ0n) is 7.60. The number of rotatable bonds is 1. The van der Waals surface area contributed by atoms with Gasteiger partial charge in [-0.15, -0.1) is 0 Å². The van der Waals surface area contributed by atoms with E-state index < -0.39 is 0 Å². The normalized spacial score (nSPS) is 11.1. The first-order valence-electron chi connectivity index (χ1n) is 4.20. The van der Waals surface area contributed by atoms with Crippen molar-refractivity contribution in [2.45, 2.75) is 13.5 Å². The van der Waals surface area contributed by atoms with Crippen LogP contribution in [0, 0.1) is 6.92 Å². The van der Waals surface area contributed by atoms with Gasteiger partial charge in [0.05, 0.1) is 11.0 Å². The van der Waals surface area contributed by atoms with Gasteiger partial charge in [0.15, 0.2) is 0 Å². The van der Waals surface area contributed by atoms with E-state index in [-0.39, 0.29) is 0 Å². The van der Waals surface area contributed by atoms with Crippen LogP contribution in [-0.4, -0.2) is 0 Å². The molecule has 1 heterocycles. The van der Waals surface area contributed by atoms with E-state index in [0.717, 1.165) is 26.8 Å². The van der Waals surface area contributed by atoms with Crippen LogP contribution in [0.25, 0.3) is 11.0 Å². The van der Waals surface area contributed by atoms with E-state index in [1.54, 1.807) is 0 Å². The van der Waals surface area contributed by atoms with Crippen molar-refractivity contribution >= 4 is 38.5 Å². The summed E-state index contributed by atoms with van der Waals surface area (Å²) in [5.74, 6) is 0.808. The van der Waals surface area contributed by atoms with Crippen molar-refractivity contribution in [1.29, 1.82) is 0 Å². The second kappa shape index (κ2) is 3.57. The molecule has 2 nitrogen and oxygen atoms in total. The summed E-state index contributed by atoms with van der Waals surface area (Å²) in [6, 6.07) is 3.70. The first-order valence-corrected chi connectivity index (χ1v) is 5.37. The lowest BCUT2D eigenvalue weighted by Gasteiger charge is -1.94. The zero-order chi connectivity index (χ0) is 10.3. The summed E-state index contributed by atoms with van der Waals surface area (Å²) in [5.41, 5.74) is 7.43. The summed E-state index contributed by atoms with van der Waals surface area (Å²) in [6.45, 7) is 2.39. The molecule has 0 saturated heterocycles. The van der Waals surface area contributed by atoms with Crippen LogP contribution in [-0.2, 0) is 6.54 Å². The number of nitrogens with two attached hydrogens (primary N) is 1. The maximum absolute atomic E-state index is 5.95. The standard InChI is InChI=1S/C10H9BrClNO/c1-5-7-2-6(12)3-8(11)10(7)14-9(5)4-13/h2-3H,4,13H2,1H3. The molecule has 1 aromatic heterocycles. The van der Waals surface area contributed by atoms with E-state index >= 15 is 0 Å². The topological polar surface area (TPSA) is 39.2 Å². The SMILES string of the molecule is Cc1c(CN)oc2c(Br)cc(Cl)cc12. The molecule has 0 aliphatic carbocycles. The zero-order valence-corrected chi connectivity index (χ0v) is 9.95. The summed E-state index contributed by atoms with van der Waals surface area (Å²) >= 11 is 9.35. The Morgan fingerprint density at radius 1 is 1.50 bits per heavy atom. The lowest BCUT2D eigenvalue weighted by molar-refractivity contribution is 0.547. The molecular formula is C10H9BrClNO. The molecule has 0 atom stereocenters. The van der Waals surface area contributed by atoms with Crippen LogP contribution in [0.1, 0.15) is 11.3 Å². The molecule has 2 rings (SSSR count).